The van der Waals surface area contributed by atoms with Crippen molar-refractivity contribution in [2.24, 2.45) is 11.5 Å². The Morgan fingerprint density at radius 1 is 0.703 bits per heavy atom. The fraction of sp³-hybridized carbons (Fsp3) is 0.267. The number of fused-ring (bicyclic) bond motifs is 2. The highest BCUT2D eigenvalue weighted by Crippen LogP contribution is 2.20. The monoisotopic (exact) mass is 498 g/mol. The van der Waals surface area contributed by atoms with Crippen LogP contribution < -0.4 is 22.1 Å². The molecule has 0 aliphatic heterocycles. The molecule has 3 atom stereocenters. The van der Waals surface area contributed by atoms with Crippen molar-refractivity contribution in [2.45, 2.75) is 37.4 Å². The molecule has 192 valence electrons. The molecule has 0 aliphatic rings. The van der Waals surface area contributed by atoms with Crippen molar-refractivity contribution < 1.29 is 14.7 Å². The summed E-state index contributed by atoms with van der Waals surface area (Å²) < 4.78 is 0. The molecule has 0 fully saturated rings. The summed E-state index contributed by atoms with van der Waals surface area (Å²) in [5.41, 5.74) is 14.4. The molecule has 4 aromatic carbocycles. The van der Waals surface area contributed by atoms with Crippen molar-refractivity contribution in [1.29, 1.82) is 0 Å². The molecule has 1 unspecified atom stereocenters. The summed E-state index contributed by atoms with van der Waals surface area (Å²) in [5.74, 6) is -0.616. The molecule has 0 saturated heterocycles. The van der Waals surface area contributed by atoms with Gasteiger partial charge >= 0.3 is 0 Å². The van der Waals surface area contributed by atoms with Gasteiger partial charge in [0.2, 0.25) is 11.8 Å². The van der Waals surface area contributed by atoms with E-state index >= 15 is 0 Å². The van der Waals surface area contributed by atoms with Crippen LogP contribution in [0.4, 0.5) is 0 Å². The van der Waals surface area contributed by atoms with E-state index in [0.29, 0.717) is 19.3 Å². The lowest BCUT2D eigenvalue weighted by Crippen LogP contribution is -2.49. The molecule has 0 saturated carbocycles. The normalized spacial score (nSPS) is 13.7. The zero-order valence-electron chi connectivity index (χ0n) is 20.8. The highest BCUT2D eigenvalue weighted by atomic mass is 16.3. The largest absolute Gasteiger partial charge is 0.394 e. The molecule has 0 aliphatic carbocycles. The maximum atomic E-state index is 12.7. The molecule has 7 heteroatoms. The molecular formula is C30H34N4O3. The molecule has 0 aromatic heterocycles. The summed E-state index contributed by atoms with van der Waals surface area (Å²) in [6.07, 6.45) is 1.15. The van der Waals surface area contributed by atoms with Crippen LogP contribution >= 0.6 is 0 Å². The SMILES string of the molecule is N[C@@H](Cc1cccc2ccccc12)C(=O)NCCC(CO)NC(=O)[C@@H](N)Cc1cccc2ccccc12. The second-order valence-electron chi connectivity index (χ2n) is 9.37. The van der Waals surface area contributed by atoms with Crippen molar-refractivity contribution in [3.8, 4) is 0 Å². The van der Waals surface area contributed by atoms with E-state index in [-0.39, 0.29) is 25.0 Å². The molecule has 4 rings (SSSR count). The fourth-order valence-corrected chi connectivity index (χ4v) is 4.62. The van der Waals surface area contributed by atoms with E-state index in [9.17, 15) is 14.7 Å². The molecule has 4 aromatic rings. The van der Waals surface area contributed by atoms with Gasteiger partial charge in [-0.3, -0.25) is 9.59 Å². The first kappa shape index (κ1) is 26.3. The van der Waals surface area contributed by atoms with Crippen molar-refractivity contribution in [1.82, 2.24) is 10.6 Å². The number of hydrogen-bond donors (Lipinski definition) is 5. The Hall–Kier alpha value is -3.78. The number of nitrogens with one attached hydrogen (secondary N) is 2. The highest BCUT2D eigenvalue weighted by Gasteiger charge is 2.20. The average molecular weight is 499 g/mol. The minimum atomic E-state index is -0.761. The van der Waals surface area contributed by atoms with Crippen molar-refractivity contribution >= 4 is 33.4 Å². The van der Waals surface area contributed by atoms with E-state index in [1.54, 1.807) is 0 Å². The Morgan fingerprint density at radius 2 is 1.19 bits per heavy atom. The number of aliphatic hydroxyl groups excluding tert-OH is 1. The quantitative estimate of drug-likeness (QED) is 0.217. The first-order valence-electron chi connectivity index (χ1n) is 12.6. The predicted molar refractivity (Wildman–Crippen MR) is 148 cm³/mol. The predicted octanol–water partition coefficient (Wildman–Crippen LogP) is 2.42. The Morgan fingerprint density at radius 3 is 1.73 bits per heavy atom. The summed E-state index contributed by atoms with van der Waals surface area (Å²) >= 11 is 0. The van der Waals surface area contributed by atoms with Crippen LogP contribution in [0.3, 0.4) is 0 Å². The third-order valence-electron chi connectivity index (χ3n) is 6.67. The molecule has 7 nitrogen and oxygen atoms in total. The second kappa shape index (κ2) is 12.5. The molecule has 7 N–H and O–H groups in total. The molecule has 0 radical (unpaired) electrons. The lowest BCUT2D eigenvalue weighted by atomic mass is 9.98. The van der Waals surface area contributed by atoms with Gasteiger partial charge in [-0.05, 0) is 51.9 Å². The van der Waals surface area contributed by atoms with Gasteiger partial charge in [0.05, 0.1) is 24.7 Å². The molecule has 2 amide bonds. The third kappa shape index (κ3) is 6.71. The maximum absolute atomic E-state index is 12.7. The summed E-state index contributed by atoms with van der Waals surface area (Å²) in [5, 5.41) is 19.7. The molecule has 37 heavy (non-hydrogen) atoms. The van der Waals surface area contributed by atoms with Crippen molar-refractivity contribution in [3.63, 3.8) is 0 Å². The van der Waals surface area contributed by atoms with Gasteiger partial charge in [-0.1, -0.05) is 84.9 Å². The van der Waals surface area contributed by atoms with E-state index < -0.39 is 18.1 Å². The molecule has 0 heterocycles. The standard InChI is InChI=1S/C30H34N4O3/c31-27(17-22-11-5-9-20-7-1-3-13-25(20)22)29(36)33-16-15-24(19-35)34-30(37)28(32)18-23-12-6-10-21-8-2-4-14-26(21)23/h1-14,24,27-28,35H,15-19,31-32H2,(H,33,36)(H,34,37)/t24?,27-,28-/m0/s1. The van der Waals surface area contributed by atoms with Crippen LogP contribution in [0, 0.1) is 0 Å². The van der Waals surface area contributed by atoms with Gasteiger partial charge in [-0.25, -0.2) is 0 Å². The van der Waals surface area contributed by atoms with Crippen LogP contribution in [0.1, 0.15) is 17.5 Å². The summed E-state index contributed by atoms with van der Waals surface area (Å²) in [6.45, 7) is 0.0107. The Bertz CT molecular complexity index is 1360. The molecule has 0 spiro atoms. The van der Waals surface area contributed by atoms with Gasteiger partial charge in [0.15, 0.2) is 0 Å². The fourth-order valence-electron chi connectivity index (χ4n) is 4.62. The van der Waals surface area contributed by atoms with E-state index in [4.69, 9.17) is 11.5 Å². The van der Waals surface area contributed by atoms with Gasteiger partial charge < -0.3 is 27.2 Å². The van der Waals surface area contributed by atoms with E-state index in [2.05, 4.69) is 10.6 Å². The Balaban J connectivity index is 1.25. The van der Waals surface area contributed by atoms with Gasteiger partial charge in [0.25, 0.3) is 0 Å². The first-order valence-corrected chi connectivity index (χ1v) is 12.6. The zero-order valence-corrected chi connectivity index (χ0v) is 20.8. The van der Waals surface area contributed by atoms with E-state index in [0.717, 1.165) is 32.7 Å². The van der Waals surface area contributed by atoms with Crippen LogP contribution in [0.25, 0.3) is 21.5 Å². The number of rotatable bonds is 11. The van der Waals surface area contributed by atoms with Gasteiger partial charge in [0, 0.05) is 6.54 Å². The smallest absolute Gasteiger partial charge is 0.237 e. The van der Waals surface area contributed by atoms with Crippen LogP contribution in [-0.4, -0.2) is 48.2 Å². The average Bonchev–Trinajstić information content (AvgIpc) is 2.92. The summed E-state index contributed by atoms with van der Waals surface area (Å²) in [4.78, 5) is 25.3. The molecular weight excluding hydrogens is 464 g/mol. The van der Waals surface area contributed by atoms with Crippen LogP contribution in [0.15, 0.2) is 84.9 Å². The minimum absolute atomic E-state index is 0.259. The molecule has 0 bridgehead atoms. The Kier molecular flexibility index (Phi) is 8.85. The number of carbonyl (C=O) groups is 2. The number of aliphatic hydroxyl groups is 1. The van der Waals surface area contributed by atoms with Crippen molar-refractivity contribution in [3.05, 3.63) is 96.1 Å². The third-order valence-corrected chi connectivity index (χ3v) is 6.67. The van der Waals surface area contributed by atoms with Gasteiger partial charge in [-0.15, -0.1) is 0 Å². The number of amides is 2. The number of carbonyl (C=O) groups excluding carboxylic acids is 2. The lowest BCUT2D eigenvalue weighted by molar-refractivity contribution is -0.123. The number of hydrogen-bond acceptors (Lipinski definition) is 5. The maximum Gasteiger partial charge on any atom is 0.237 e. The topological polar surface area (TPSA) is 130 Å². The summed E-state index contributed by atoms with van der Waals surface area (Å²) in [7, 11) is 0. The van der Waals surface area contributed by atoms with E-state index in [1.165, 1.54) is 0 Å². The van der Waals surface area contributed by atoms with Crippen LogP contribution in [0.5, 0.6) is 0 Å². The van der Waals surface area contributed by atoms with E-state index in [1.807, 2.05) is 84.9 Å². The summed E-state index contributed by atoms with van der Waals surface area (Å²) in [6, 6.07) is 25.9. The minimum Gasteiger partial charge on any atom is -0.394 e. The Labute approximate surface area is 216 Å². The number of nitrogens with two attached hydrogens (primary N) is 2. The first-order chi connectivity index (χ1) is 18.0. The van der Waals surface area contributed by atoms with Crippen LogP contribution in [0.2, 0.25) is 0 Å². The zero-order chi connectivity index (χ0) is 26.2. The van der Waals surface area contributed by atoms with Gasteiger partial charge in [-0.2, -0.15) is 0 Å². The highest BCUT2D eigenvalue weighted by molar-refractivity contribution is 5.88. The second-order valence-corrected chi connectivity index (χ2v) is 9.37. The van der Waals surface area contributed by atoms with Crippen LogP contribution in [-0.2, 0) is 22.4 Å². The van der Waals surface area contributed by atoms with Crippen molar-refractivity contribution in [2.75, 3.05) is 13.2 Å². The van der Waals surface area contributed by atoms with Gasteiger partial charge in [0.1, 0.15) is 0 Å². The number of benzene rings is 4. The lowest BCUT2D eigenvalue weighted by Gasteiger charge is -2.20.